The molecule has 0 radical (unpaired) electrons. The predicted octanol–water partition coefficient (Wildman–Crippen LogP) is 6.10. The number of halogens is 2. The number of benzene rings is 2. The van der Waals surface area contributed by atoms with Gasteiger partial charge in [-0.25, -0.2) is 4.98 Å². The summed E-state index contributed by atoms with van der Waals surface area (Å²) in [6, 6.07) is 15.9. The first-order valence-corrected chi connectivity index (χ1v) is 13.4. The second-order valence-electron chi connectivity index (χ2n) is 9.80. The van der Waals surface area contributed by atoms with E-state index in [9.17, 15) is 4.79 Å². The molecule has 0 aliphatic carbocycles. The van der Waals surface area contributed by atoms with Crippen LogP contribution in [0, 0.1) is 0 Å². The molecule has 1 aliphatic heterocycles. The highest BCUT2D eigenvalue weighted by atomic mass is 35.5. The minimum Gasteiger partial charge on any atom is -0.494 e. The van der Waals surface area contributed by atoms with E-state index in [2.05, 4.69) is 40.3 Å². The van der Waals surface area contributed by atoms with Crippen molar-refractivity contribution in [3.8, 4) is 5.75 Å². The molecule has 38 heavy (non-hydrogen) atoms. The van der Waals surface area contributed by atoms with Gasteiger partial charge in [-0.2, -0.15) is 0 Å². The first-order valence-electron chi connectivity index (χ1n) is 12.6. The van der Waals surface area contributed by atoms with Gasteiger partial charge in [0.1, 0.15) is 11.6 Å². The number of piperidine rings is 1. The van der Waals surface area contributed by atoms with Crippen molar-refractivity contribution in [2.45, 2.75) is 25.3 Å². The summed E-state index contributed by atoms with van der Waals surface area (Å²) in [5, 5.41) is 5.76. The third kappa shape index (κ3) is 5.46. The summed E-state index contributed by atoms with van der Waals surface area (Å²) in [6.07, 6.45) is 4.30. The Bertz CT molecular complexity index is 1490. The average molecular weight is 553 g/mol. The lowest BCUT2D eigenvalue weighted by Crippen LogP contribution is -2.41. The highest BCUT2D eigenvalue weighted by Crippen LogP contribution is 2.35. The van der Waals surface area contributed by atoms with E-state index in [0.29, 0.717) is 39.5 Å². The molecule has 9 heteroatoms. The largest absolute Gasteiger partial charge is 0.494 e. The van der Waals surface area contributed by atoms with Crippen molar-refractivity contribution in [1.82, 2.24) is 14.9 Å². The van der Waals surface area contributed by atoms with Crippen molar-refractivity contribution in [3.63, 3.8) is 0 Å². The number of hydrogen-bond donors (Lipinski definition) is 2. The number of aromatic nitrogens is 2. The second kappa shape index (κ2) is 11.2. The van der Waals surface area contributed by atoms with Gasteiger partial charge in [0, 0.05) is 59.2 Å². The quantitative estimate of drug-likeness (QED) is 0.289. The standard InChI is InChI=1S/C29H31Cl2N5O2/c1-35(2)20-10-13-36(14-11-20)21-7-8-25(26(17-21)38-3)34-28-27-18(9-12-32-29(27)37)15-19(33-28)16-22-23(30)5-4-6-24(22)31/h4-9,12,15,17,20H,10-11,13-14,16H2,1-3H3,(H,32,37)(H,33,34). The van der Waals surface area contributed by atoms with E-state index in [-0.39, 0.29) is 5.56 Å². The maximum absolute atomic E-state index is 12.8. The van der Waals surface area contributed by atoms with Crippen molar-refractivity contribution in [3.05, 3.63) is 86.4 Å². The molecule has 1 fully saturated rings. The number of H-pyrrole nitrogens is 1. The lowest BCUT2D eigenvalue weighted by atomic mass is 10.0. The Labute approximate surface area is 232 Å². The van der Waals surface area contributed by atoms with Crippen molar-refractivity contribution in [2.24, 2.45) is 0 Å². The number of fused-ring (bicyclic) bond motifs is 1. The fourth-order valence-electron chi connectivity index (χ4n) is 5.08. The topological polar surface area (TPSA) is 73.5 Å². The van der Waals surface area contributed by atoms with Crippen LogP contribution < -0.4 is 20.5 Å². The number of aromatic amines is 1. The number of ether oxygens (including phenoxy) is 1. The number of pyridine rings is 2. The van der Waals surface area contributed by atoms with Crippen LogP contribution in [0.25, 0.3) is 10.8 Å². The minimum atomic E-state index is -0.223. The van der Waals surface area contributed by atoms with Crippen LogP contribution in [-0.2, 0) is 6.42 Å². The molecule has 0 bridgehead atoms. The van der Waals surface area contributed by atoms with Crippen molar-refractivity contribution in [2.75, 3.05) is 44.5 Å². The molecule has 0 amide bonds. The first kappa shape index (κ1) is 26.4. The Balaban J connectivity index is 1.48. The number of rotatable bonds is 7. The van der Waals surface area contributed by atoms with E-state index in [1.807, 2.05) is 42.5 Å². The molecule has 0 unspecified atom stereocenters. The molecule has 0 atom stereocenters. The zero-order valence-electron chi connectivity index (χ0n) is 21.7. The molecule has 0 spiro atoms. The van der Waals surface area contributed by atoms with Crippen molar-refractivity contribution >= 4 is 51.2 Å². The Morgan fingerprint density at radius 3 is 2.53 bits per heavy atom. The fraction of sp³-hybridized carbons (Fsp3) is 0.310. The summed E-state index contributed by atoms with van der Waals surface area (Å²) in [4.78, 5) is 25.1. The van der Waals surface area contributed by atoms with E-state index < -0.39 is 0 Å². The van der Waals surface area contributed by atoms with Crippen LogP contribution in [0.3, 0.4) is 0 Å². The van der Waals surface area contributed by atoms with Crippen molar-refractivity contribution < 1.29 is 4.74 Å². The molecule has 1 aliphatic rings. The molecule has 198 valence electrons. The molecule has 3 heterocycles. The molecule has 1 saturated heterocycles. The smallest absolute Gasteiger partial charge is 0.259 e. The van der Waals surface area contributed by atoms with Gasteiger partial charge >= 0.3 is 0 Å². The van der Waals surface area contributed by atoms with E-state index in [0.717, 1.165) is 53.9 Å². The summed E-state index contributed by atoms with van der Waals surface area (Å²) in [5.41, 5.74) is 3.14. The zero-order chi connectivity index (χ0) is 26.8. The van der Waals surface area contributed by atoms with Crippen LogP contribution >= 0.6 is 23.2 Å². The molecule has 2 aromatic carbocycles. The van der Waals surface area contributed by atoms with Gasteiger partial charge < -0.3 is 24.8 Å². The monoisotopic (exact) mass is 551 g/mol. The molecule has 0 saturated carbocycles. The molecule has 4 aromatic rings. The summed E-state index contributed by atoms with van der Waals surface area (Å²) in [5.74, 6) is 1.12. The van der Waals surface area contributed by atoms with E-state index in [4.69, 9.17) is 32.9 Å². The first-order chi connectivity index (χ1) is 18.3. The van der Waals surface area contributed by atoms with Gasteiger partial charge in [-0.3, -0.25) is 4.79 Å². The zero-order valence-corrected chi connectivity index (χ0v) is 23.2. The highest BCUT2D eigenvalue weighted by molar-refractivity contribution is 6.36. The second-order valence-corrected chi connectivity index (χ2v) is 10.6. The number of nitrogens with zero attached hydrogens (tertiary/aromatic N) is 3. The minimum absolute atomic E-state index is 0.223. The fourth-order valence-corrected chi connectivity index (χ4v) is 5.61. The van der Waals surface area contributed by atoms with Gasteiger partial charge in [0.2, 0.25) is 0 Å². The van der Waals surface area contributed by atoms with Crippen LogP contribution in [0.1, 0.15) is 24.1 Å². The van der Waals surface area contributed by atoms with Gasteiger partial charge in [-0.1, -0.05) is 29.3 Å². The maximum Gasteiger partial charge on any atom is 0.259 e. The lowest BCUT2D eigenvalue weighted by Gasteiger charge is -2.36. The number of methoxy groups -OCH3 is 1. The maximum atomic E-state index is 12.8. The Morgan fingerprint density at radius 1 is 1.11 bits per heavy atom. The summed E-state index contributed by atoms with van der Waals surface area (Å²) in [6.45, 7) is 1.99. The number of hydrogen-bond acceptors (Lipinski definition) is 6. The normalized spacial score (nSPS) is 14.3. The Kier molecular flexibility index (Phi) is 7.79. The van der Waals surface area contributed by atoms with Crippen molar-refractivity contribution in [1.29, 1.82) is 0 Å². The van der Waals surface area contributed by atoms with E-state index in [1.165, 1.54) is 0 Å². The van der Waals surface area contributed by atoms with Crippen LogP contribution in [0.2, 0.25) is 10.0 Å². The third-order valence-corrected chi connectivity index (χ3v) is 7.93. The highest BCUT2D eigenvalue weighted by Gasteiger charge is 2.22. The van der Waals surface area contributed by atoms with Gasteiger partial charge in [0.05, 0.1) is 18.2 Å². The Hall–Kier alpha value is -3.26. The Morgan fingerprint density at radius 2 is 1.84 bits per heavy atom. The molecule has 5 rings (SSSR count). The molecular weight excluding hydrogens is 521 g/mol. The molecule has 7 nitrogen and oxygen atoms in total. The summed E-state index contributed by atoms with van der Waals surface area (Å²) < 4.78 is 5.76. The van der Waals surface area contributed by atoms with Gasteiger partial charge in [-0.05, 0) is 74.3 Å². The van der Waals surface area contributed by atoms with E-state index in [1.54, 1.807) is 13.3 Å². The number of nitrogens with one attached hydrogen (secondary N) is 2. The predicted molar refractivity (Wildman–Crippen MR) is 157 cm³/mol. The lowest BCUT2D eigenvalue weighted by molar-refractivity contribution is 0.249. The van der Waals surface area contributed by atoms with Crippen LogP contribution in [0.15, 0.2) is 59.5 Å². The van der Waals surface area contributed by atoms with Crippen LogP contribution in [0.4, 0.5) is 17.2 Å². The van der Waals surface area contributed by atoms with Crippen LogP contribution in [-0.4, -0.2) is 55.2 Å². The average Bonchev–Trinajstić information content (AvgIpc) is 2.91. The SMILES string of the molecule is COc1cc(N2CCC(N(C)C)CC2)ccc1Nc1nc(Cc2c(Cl)cccc2Cl)cc2cc[nH]c(=O)c12. The molecule has 2 aromatic heterocycles. The molecule has 2 N–H and O–H groups in total. The summed E-state index contributed by atoms with van der Waals surface area (Å²) >= 11 is 12.9. The van der Waals surface area contributed by atoms with Gasteiger partial charge in [-0.15, -0.1) is 0 Å². The number of anilines is 3. The summed E-state index contributed by atoms with van der Waals surface area (Å²) in [7, 11) is 5.94. The van der Waals surface area contributed by atoms with Gasteiger partial charge in [0.25, 0.3) is 5.56 Å². The van der Waals surface area contributed by atoms with Gasteiger partial charge in [0.15, 0.2) is 0 Å². The van der Waals surface area contributed by atoms with E-state index >= 15 is 0 Å². The molecular formula is C29H31Cl2N5O2. The van der Waals surface area contributed by atoms with Crippen LogP contribution in [0.5, 0.6) is 5.75 Å². The third-order valence-electron chi connectivity index (χ3n) is 7.23.